The molecule has 5 heteroatoms. The van der Waals surface area contributed by atoms with Crippen molar-refractivity contribution in [2.75, 3.05) is 70.8 Å². The van der Waals surface area contributed by atoms with Crippen molar-refractivity contribution in [3.63, 3.8) is 0 Å². The molecule has 0 N–H and O–H groups in total. The maximum atomic E-state index is 5.64. The highest BCUT2D eigenvalue weighted by Gasteiger charge is 2.07. The first-order valence-corrected chi connectivity index (χ1v) is 7.99. The van der Waals surface area contributed by atoms with Crippen LogP contribution in [0, 0.1) is 6.92 Å². The summed E-state index contributed by atoms with van der Waals surface area (Å²) in [4.78, 5) is 2.29. The molecule has 0 bridgehead atoms. The van der Waals surface area contributed by atoms with Crippen LogP contribution >= 0.6 is 0 Å². The molecule has 0 saturated carbocycles. The Morgan fingerprint density at radius 2 is 1.05 bits per heavy atom. The van der Waals surface area contributed by atoms with Crippen molar-refractivity contribution >= 4 is 5.69 Å². The van der Waals surface area contributed by atoms with Crippen LogP contribution in [-0.2, 0) is 18.9 Å². The van der Waals surface area contributed by atoms with E-state index in [4.69, 9.17) is 18.9 Å². The summed E-state index contributed by atoms with van der Waals surface area (Å²) in [5.74, 6) is 0. The van der Waals surface area contributed by atoms with Gasteiger partial charge in [0.25, 0.3) is 0 Å². The lowest BCUT2D eigenvalue weighted by Crippen LogP contribution is -2.31. The zero-order chi connectivity index (χ0) is 15.5. The molecule has 0 unspecified atom stereocenters. The van der Waals surface area contributed by atoms with Gasteiger partial charge in [-0.15, -0.1) is 0 Å². The summed E-state index contributed by atoms with van der Waals surface area (Å²) in [5, 5.41) is 0. The van der Waals surface area contributed by atoms with Crippen LogP contribution in [0.1, 0.15) is 5.56 Å². The van der Waals surface area contributed by atoms with E-state index in [1.807, 2.05) is 0 Å². The largest absolute Gasteiger partial charge is 0.377 e. The standard InChI is InChI=1S/C17H27NO4/c1-16-2-4-17(5-3-16)18-6-8-19-10-12-21-14-15-22-13-11-20-9-7-18/h2-5H,6-15H2,1H3. The van der Waals surface area contributed by atoms with Crippen LogP contribution in [0.15, 0.2) is 24.3 Å². The summed E-state index contributed by atoms with van der Waals surface area (Å²) in [5.41, 5.74) is 2.47. The number of rotatable bonds is 1. The van der Waals surface area contributed by atoms with Crippen LogP contribution in [0.4, 0.5) is 5.69 Å². The number of nitrogens with zero attached hydrogens (tertiary/aromatic N) is 1. The van der Waals surface area contributed by atoms with Crippen LogP contribution in [0.5, 0.6) is 0 Å². The van der Waals surface area contributed by atoms with Crippen molar-refractivity contribution in [3.8, 4) is 0 Å². The third-order valence-electron chi connectivity index (χ3n) is 3.53. The van der Waals surface area contributed by atoms with Crippen molar-refractivity contribution in [1.29, 1.82) is 0 Å². The molecule has 5 nitrogen and oxygen atoms in total. The third-order valence-corrected chi connectivity index (χ3v) is 3.53. The fourth-order valence-electron chi connectivity index (χ4n) is 2.24. The zero-order valence-electron chi connectivity index (χ0n) is 13.5. The van der Waals surface area contributed by atoms with Crippen LogP contribution < -0.4 is 4.90 Å². The molecule has 1 aliphatic rings. The van der Waals surface area contributed by atoms with Crippen molar-refractivity contribution in [2.45, 2.75) is 6.92 Å². The first kappa shape index (κ1) is 17.2. The quantitative estimate of drug-likeness (QED) is 0.792. The topological polar surface area (TPSA) is 40.2 Å². The molecule has 0 amide bonds. The van der Waals surface area contributed by atoms with Crippen LogP contribution in [0.25, 0.3) is 0 Å². The number of anilines is 1. The van der Waals surface area contributed by atoms with E-state index in [-0.39, 0.29) is 0 Å². The molecule has 22 heavy (non-hydrogen) atoms. The maximum Gasteiger partial charge on any atom is 0.0701 e. The molecule has 0 atom stereocenters. The minimum Gasteiger partial charge on any atom is -0.377 e. The minimum atomic E-state index is 0.610. The molecule has 1 heterocycles. The first-order chi connectivity index (χ1) is 10.9. The second-order valence-corrected chi connectivity index (χ2v) is 5.27. The molecule has 1 fully saturated rings. The van der Waals surface area contributed by atoms with E-state index >= 15 is 0 Å². The molecule has 2 rings (SSSR count). The van der Waals surface area contributed by atoms with Gasteiger partial charge in [-0.2, -0.15) is 0 Å². The highest BCUT2D eigenvalue weighted by Crippen LogP contribution is 2.14. The van der Waals surface area contributed by atoms with E-state index in [9.17, 15) is 0 Å². The van der Waals surface area contributed by atoms with Gasteiger partial charge in [-0.25, -0.2) is 0 Å². The Morgan fingerprint density at radius 3 is 1.50 bits per heavy atom. The SMILES string of the molecule is Cc1ccc(N2CCOCCOCCOCCOCC2)cc1. The number of hydrogen-bond donors (Lipinski definition) is 0. The van der Waals surface area contributed by atoms with Gasteiger partial charge in [-0.1, -0.05) is 17.7 Å². The average molecular weight is 309 g/mol. The lowest BCUT2D eigenvalue weighted by Gasteiger charge is -2.25. The van der Waals surface area contributed by atoms with Crippen LogP contribution in [0.3, 0.4) is 0 Å². The highest BCUT2D eigenvalue weighted by atomic mass is 16.6. The average Bonchev–Trinajstić information content (AvgIpc) is 2.54. The zero-order valence-corrected chi connectivity index (χ0v) is 13.5. The Labute approximate surface area is 133 Å². The molecule has 0 aromatic heterocycles. The summed E-state index contributed by atoms with van der Waals surface area (Å²) in [6.45, 7) is 8.87. The second kappa shape index (κ2) is 10.6. The molecular weight excluding hydrogens is 282 g/mol. The van der Waals surface area contributed by atoms with E-state index in [0.717, 1.165) is 13.1 Å². The molecule has 1 aromatic rings. The molecule has 1 saturated heterocycles. The molecule has 1 aliphatic heterocycles. The maximum absolute atomic E-state index is 5.64. The molecule has 0 radical (unpaired) electrons. The lowest BCUT2D eigenvalue weighted by atomic mass is 10.2. The Hall–Kier alpha value is -1.14. The summed E-state index contributed by atoms with van der Waals surface area (Å²) in [7, 11) is 0. The predicted octanol–water partition coefficient (Wildman–Crippen LogP) is 1.88. The number of hydrogen-bond acceptors (Lipinski definition) is 5. The predicted molar refractivity (Wildman–Crippen MR) is 86.7 cm³/mol. The molecular formula is C17H27NO4. The number of ether oxygens (including phenoxy) is 4. The Morgan fingerprint density at radius 1 is 0.636 bits per heavy atom. The number of aryl methyl sites for hydroxylation is 1. The van der Waals surface area contributed by atoms with E-state index in [0.29, 0.717) is 52.9 Å². The third kappa shape index (κ3) is 6.75. The van der Waals surface area contributed by atoms with Gasteiger partial charge in [0.1, 0.15) is 0 Å². The van der Waals surface area contributed by atoms with Gasteiger partial charge in [0.15, 0.2) is 0 Å². The normalized spacial score (nSPS) is 20.1. The first-order valence-electron chi connectivity index (χ1n) is 7.99. The van der Waals surface area contributed by atoms with Gasteiger partial charge in [0.2, 0.25) is 0 Å². The molecule has 124 valence electrons. The van der Waals surface area contributed by atoms with Crippen LogP contribution in [0.2, 0.25) is 0 Å². The fourth-order valence-corrected chi connectivity index (χ4v) is 2.24. The monoisotopic (exact) mass is 309 g/mol. The van der Waals surface area contributed by atoms with E-state index in [1.54, 1.807) is 0 Å². The minimum absolute atomic E-state index is 0.610. The fraction of sp³-hybridized carbons (Fsp3) is 0.647. The van der Waals surface area contributed by atoms with E-state index in [2.05, 4.69) is 36.1 Å². The van der Waals surface area contributed by atoms with Crippen molar-refractivity contribution < 1.29 is 18.9 Å². The van der Waals surface area contributed by atoms with Gasteiger partial charge in [-0.05, 0) is 19.1 Å². The van der Waals surface area contributed by atoms with Crippen molar-refractivity contribution in [1.82, 2.24) is 0 Å². The van der Waals surface area contributed by atoms with Gasteiger partial charge < -0.3 is 23.8 Å². The summed E-state index contributed by atoms with van der Waals surface area (Å²) in [6.07, 6.45) is 0. The van der Waals surface area contributed by atoms with Gasteiger partial charge >= 0.3 is 0 Å². The highest BCUT2D eigenvalue weighted by molar-refractivity contribution is 5.47. The molecule has 1 aromatic carbocycles. The number of benzene rings is 1. The smallest absolute Gasteiger partial charge is 0.0701 e. The van der Waals surface area contributed by atoms with Gasteiger partial charge in [0.05, 0.1) is 52.9 Å². The Bertz CT molecular complexity index is 380. The Balaban J connectivity index is 1.86. The van der Waals surface area contributed by atoms with E-state index in [1.165, 1.54) is 11.3 Å². The summed E-state index contributed by atoms with van der Waals surface area (Å²) in [6, 6.07) is 8.56. The van der Waals surface area contributed by atoms with Crippen LogP contribution in [-0.4, -0.2) is 65.9 Å². The van der Waals surface area contributed by atoms with Gasteiger partial charge in [-0.3, -0.25) is 0 Å². The van der Waals surface area contributed by atoms with Gasteiger partial charge in [0, 0.05) is 18.8 Å². The Kier molecular flexibility index (Phi) is 8.27. The second-order valence-electron chi connectivity index (χ2n) is 5.27. The lowest BCUT2D eigenvalue weighted by molar-refractivity contribution is 0.00206. The van der Waals surface area contributed by atoms with Crippen molar-refractivity contribution in [2.24, 2.45) is 0 Å². The molecule has 0 aliphatic carbocycles. The van der Waals surface area contributed by atoms with Crippen molar-refractivity contribution in [3.05, 3.63) is 29.8 Å². The van der Waals surface area contributed by atoms with E-state index < -0.39 is 0 Å². The summed E-state index contributed by atoms with van der Waals surface area (Å²) < 4.78 is 22.1. The molecule has 0 spiro atoms. The summed E-state index contributed by atoms with van der Waals surface area (Å²) >= 11 is 0.